The highest BCUT2D eigenvalue weighted by Crippen LogP contribution is 2.48. The van der Waals surface area contributed by atoms with Crippen molar-refractivity contribution in [2.24, 2.45) is 0 Å². The fourth-order valence-electron chi connectivity index (χ4n) is 6.93. The quantitative estimate of drug-likeness (QED) is 0.226. The van der Waals surface area contributed by atoms with Crippen molar-refractivity contribution in [3.05, 3.63) is 140 Å². The van der Waals surface area contributed by atoms with Gasteiger partial charge < -0.3 is 4.40 Å². The lowest BCUT2D eigenvalue weighted by Crippen LogP contribution is -1.88. The summed E-state index contributed by atoms with van der Waals surface area (Å²) in [6, 6.07) is 51.1. The van der Waals surface area contributed by atoms with Crippen molar-refractivity contribution in [2.45, 2.75) is 0 Å². The summed E-state index contributed by atoms with van der Waals surface area (Å²) < 4.78 is 2.53. The highest BCUT2D eigenvalue weighted by Gasteiger charge is 2.24. The number of fused-ring (bicyclic) bond motifs is 8. The van der Waals surface area contributed by atoms with E-state index < -0.39 is 0 Å². The first-order valence-corrected chi connectivity index (χ1v) is 13.5. The Hall–Kier alpha value is -5.14. The molecule has 7 aromatic carbocycles. The predicted molar refractivity (Wildman–Crippen MR) is 167 cm³/mol. The topological polar surface area (TPSA) is 4.41 Å². The Morgan fingerprint density at radius 3 is 1.26 bits per heavy atom. The summed E-state index contributed by atoms with van der Waals surface area (Å²) in [5.41, 5.74) is 8.99. The molecule has 0 saturated carbocycles. The zero-order chi connectivity index (χ0) is 25.5. The molecule has 9 aromatic rings. The maximum Gasteiger partial charge on any atom is 0.0620 e. The van der Waals surface area contributed by atoms with Gasteiger partial charge in [-0.1, -0.05) is 127 Å². The summed E-state index contributed by atoms with van der Waals surface area (Å²) >= 11 is 0. The van der Waals surface area contributed by atoms with Crippen molar-refractivity contribution >= 4 is 59.6 Å². The van der Waals surface area contributed by atoms with Crippen LogP contribution >= 0.6 is 0 Å². The molecule has 2 aromatic heterocycles. The minimum Gasteiger partial charge on any atom is -0.308 e. The van der Waals surface area contributed by atoms with Gasteiger partial charge in [0.2, 0.25) is 0 Å². The first-order chi connectivity index (χ1) is 19.4. The van der Waals surface area contributed by atoms with Crippen LogP contribution in [0, 0.1) is 0 Å². The highest BCUT2D eigenvalue weighted by atomic mass is 14.9. The van der Waals surface area contributed by atoms with E-state index in [1.54, 1.807) is 0 Å². The normalized spacial score (nSPS) is 12.1. The Balaban J connectivity index is 1.59. The van der Waals surface area contributed by atoms with Gasteiger partial charge in [0.25, 0.3) is 0 Å². The molecule has 39 heavy (non-hydrogen) atoms. The fraction of sp³-hybridized carbons (Fsp3) is 0. The van der Waals surface area contributed by atoms with Crippen LogP contribution in [0.15, 0.2) is 140 Å². The van der Waals surface area contributed by atoms with Gasteiger partial charge in [0, 0.05) is 21.5 Å². The van der Waals surface area contributed by atoms with Gasteiger partial charge in [0.05, 0.1) is 16.6 Å². The van der Waals surface area contributed by atoms with Crippen LogP contribution in [0.25, 0.3) is 81.9 Å². The van der Waals surface area contributed by atoms with E-state index in [9.17, 15) is 0 Å². The number of benzene rings is 7. The number of rotatable bonds is 2. The lowest BCUT2D eigenvalue weighted by molar-refractivity contribution is 1.38. The van der Waals surface area contributed by atoms with E-state index in [1.807, 2.05) is 0 Å². The van der Waals surface area contributed by atoms with Crippen LogP contribution in [-0.4, -0.2) is 4.40 Å². The highest BCUT2D eigenvalue weighted by molar-refractivity contribution is 6.32. The van der Waals surface area contributed by atoms with Gasteiger partial charge >= 0.3 is 0 Å². The monoisotopic (exact) mass is 493 g/mol. The Labute approximate surface area is 225 Å². The van der Waals surface area contributed by atoms with Crippen LogP contribution in [-0.2, 0) is 0 Å². The van der Waals surface area contributed by atoms with E-state index >= 15 is 0 Å². The Morgan fingerprint density at radius 1 is 0.359 bits per heavy atom. The first-order valence-electron chi connectivity index (χ1n) is 13.5. The minimum atomic E-state index is 1.26. The molecular formula is C38H23N. The van der Waals surface area contributed by atoms with Gasteiger partial charge in [-0.15, -0.1) is 0 Å². The second-order valence-electron chi connectivity index (χ2n) is 10.5. The summed E-state index contributed by atoms with van der Waals surface area (Å²) in [5, 5.41) is 10.4. The summed E-state index contributed by atoms with van der Waals surface area (Å²) in [7, 11) is 0. The standard InChI is InChI=1S/C38H23N/c1-3-12-24(13-4-1)34-28-18-9-7-16-26(28)22-32-36(34)30-20-11-21-31-37-33(39(32)38(30)31)23-27-17-8-10-19-29(27)35(37)25-14-5-2-6-15-25/h1-23H. The average molecular weight is 494 g/mol. The van der Waals surface area contributed by atoms with Crippen LogP contribution in [0.1, 0.15) is 0 Å². The third kappa shape index (κ3) is 2.74. The molecule has 0 aliphatic heterocycles. The molecule has 0 saturated heterocycles. The number of aromatic nitrogens is 1. The van der Waals surface area contributed by atoms with Crippen LogP contribution in [0.3, 0.4) is 0 Å². The second kappa shape index (κ2) is 7.69. The molecule has 0 unspecified atom stereocenters. The third-order valence-electron chi connectivity index (χ3n) is 8.46. The summed E-state index contributed by atoms with van der Waals surface area (Å²) in [6.45, 7) is 0. The summed E-state index contributed by atoms with van der Waals surface area (Å²) in [5.74, 6) is 0. The van der Waals surface area contributed by atoms with Crippen molar-refractivity contribution < 1.29 is 0 Å². The summed E-state index contributed by atoms with van der Waals surface area (Å²) in [6.07, 6.45) is 0. The molecule has 0 radical (unpaired) electrons. The molecule has 0 aliphatic carbocycles. The van der Waals surface area contributed by atoms with Crippen molar-refractivity contribution in [2.75, 3.05) is 0 Å². The Kier molecular flexibility index (Phi) is 4.11. The van der Waals surface area contributed by atoms with E-state index in [-0.39, 0.29) is 0 Å². The first kappa shape index (κ1) is 20.9. The molecule has 9 rings (SSSR count). The van der Waals surface area contributed by atoms with Crippen molar-refractivity contribution in [3.8, 4) is 22.3 Å². The Morgan fingerprint density at radius 2 is 0.769 bits per heavy atom. The minimum absolute atomic E-state index is 1.26. The molecule has 0 atom stereocenters. The molecule has 0 aliphatic rings. The zero-order valence-electron chi connectivity index (χ0n) is 21.2. The van der Waals surface area contributed by atoms with E-state index in [0.717, 1.165) is 0 Å². The molecule has 180 valence electrons. The van der Waals surface area contributed by atoms with Gasteiger partial charge in [-0.05, 0) is 55.9 Å². The maximum atomic E-state index is 2.53. The molecule has 0 fully saturated rings. The van der Waals surface area contributed by atoms with Crippen molar-refractivity contribution in [1.29, 1.82) is 0 Å². The molecule has 1 nitrogen and oxygen atoms in total. The van der Waals surface area contributed by atoms with E-state index in [2.05, 4.69) is 144 Å². The Bertz CT molecular complexity index is 2200. The second-order valence-corrected chi connectivity index (χ2v) is 10.5. The van der Waals surface area contributed by atoms with Gasteiger partial charge in [0.1, 0.15) is 0 Å². The average Bonchev–Trinajstić information content (AvgIpc) is 3.51. The van der Waals surface area contributed by atoms with E-state index in [1.165, 1.54) is 81.9 Å². The number of para-hydroxylation sites is 1. The molecular weight excluding hydrogens is 470 g/mol. The molecule has 0 N–H and O–H groups in total. The lowest BCUT2D eigenvalue weighted by atomic mass is 9.91. The molecule has 0 amide bonds. The van der Waals surface area contributed by atoms with Gasteiger partial charge in [-0.2, -0.15) is 0 Å². The van der Waals surface area contributed by atoms with E-state index in [4.69, 9.17) is 0 Å². The molecule has 1 heteroatoms. The summed E-state index contributed by atoms with van der Waals surface area (Å²) in [4.78, 5) is 0. The molecule has 2 heterocycles. The smallest absolute Gasteiger partial charge is 0.0620 e. The SMILES string of the molecule is c1ccc(-c2c3ccccc3cc3c2c2cccc4c5c(-c6ccccc6)c6ccccc6cc5n3c24)cc1. The van der Waals surface area contributed by atoms with Crippen LogP contribution in [0.4, 0.5) is 0 Å². The van der Waals surface area contributed by atoms with Gasteiger partial charge in [0.15, 0.2) is 0 Å². The van der Waals surface area contributed by atoms with Gasteiger partial charge in [-0.3, -0.25) is 0 Å². The lowest BCUT2D eigenvalue weighted by Gasteiger charge is -2.13. The predicted octanol–water partition coefficient (Wildman–Crippen LogP) is 10.5. The van der Waals surface area contributed by atoms with Crippen molar-refractivity contribution in [1.82, 2.24) is 4.40 Å². The number of hydrogen-bond acceptors (Lipinski definition) is 0. The van der Waals surface area contributed by atoms with Crippen LogP contribution in [0.2, 0.25) is 0 Å². The van der Waals surface area contributed by atoms with Crippen LogP contribution in [0.5, 0.6) is 0 Å². The number of hydrogen-bond donors (Lipinski definition) is 0. The van der Waals surface area contributed by atoms with E-state index in [0.29, 0.717) is 0 Å². The van der Waals surface area contributed by atoms with Crippen LogP contribution < -0.4 is 0 Å². The third-order valence-corrected chi connectivity index (χ3v) is 8.46. The molecule has 0 spiro atoms. The maximum absolute atomic E-state index is 2.53. The zero-order valence-corrected chi connectivity index (χ0v) is 21.2. The van der Waals surface area contributed by atoms with Crippen molar-refractivity contribution in [3.63, 3.8) is 0 Å². The van der Waals surface area contributed by atoms with Gasteiger partial charge in [-0.25, -0.2) is 0 Å². The number of nitrogens with zero attached hydrogens (tertiary/aromatic N) is 1. The largest absolute Gasteiger partial charge is 0.308 e. The fourth-order valence-corrected chi connectivity index (χ4v) is 6.93. The molecule has 0 bridgehead atoms.